The molecule has 0 saturated heterocycles. The first-order valence-corrected chi connectivity index (χ1v) is 6.53. The fourth-order valence-electron chi connectivity index (χ4n) is 1.31. The summed E-state index contributed by atoms with van der Waals surface area (Å²) in [7, 11) is 1.61. The maximum Gasteiger partial charge on any atom is 0.242 e. The van der Waals surface area contributed by atoms with Gasteiger partial charge in [0.05, 0.1) is 4.90 Å². The standard InChI is InChI=1S/C11H18N2O2S/c1-9(12-2)10-5-7-11(8-6-10)16(14,15)13(3)4/h5-9,12H,1-4H3. The van der Waals surface area contributed by atoms with Gasteiger partial charge in [-0.05, 0) is 31.7 Å². The van der Waals surface area contributed by atoms with Crippen LogP contribution < -0.4 is 5.32 Å². The summed E-state index contributed by atoms with van der Waals surface area (Å²) in [5, 5.41) is 3.10. The molecule has 0 amide bonds. The third kappa shape index (κ3) is 2.61. The van der Waals surface area contributed by atoms with Crippen LogP contribution in [0, 0.1) is 0 Å². The first-order chi connectivity index (χ1) is 7.39. The summed E-state index contributed by atoms with van der Waals surface area (Å²) in [6.07, 6.45) is 0. The number of hydrogen-bond acceptors (Lipinski definition) is 3. The predicted molar refractivity (Wildman–Crippen MR) is 64.8 cm³/mol. The predicted octanol–water partition coefficient (Wildman–Crippen LogP) is 1.22. The maximum absolute atomic E-state index is 11.8. The first-order valence-electron chi connectivity index (χ1n) is 5.09. The van der Waals surface area contributed by atoms with Crippen molar-refractivity contribution in [1.29, 1.82) is 0 Å². The zero-order valence-corrected chi connectivity index (χ0v) is 10.9. The molecule has 0 aliphatic heterocycles. The molecule has 1 unspecified atom stereocenters. The van der Waals surface area contributed by atoms with Gasteiger partial charge in [-0.2, -0.15) is 0 Å². The van der Waals surface area contributed by atoms with Crippen LogP contribution in [0.5, 0.6) is 0 Å². The van der Waals surface area contributed by atoms with Crippen LogP contribution >= 0.6 is 0 Å². The molecule has 0 radical (unpaired) electrons. The van der Waals surface area contributed by atoms with Crippen molar-refractivity contribution in [1.82, 2.24) is 9.62 Å². The molecule has 0 aromatic heterocycles. The topological polar surface area (TPSA) is 49.4 Å². The smallest absolute Gasteiger partial charge is 0.242 e. The Bertz CT molecular complexity index is 438. The lowest BCUT2D eigenvalue weighted by molar-refractivity contribution is 0.520. The number of nitrogens with one attached hydrogen (secondary N) is 1. The lowest BCUT2D eigenvalue weighted by Crippen LogP contribution is -2.22. The van der Waals surface area contributed by atoms with Gasteiger partial charge in [0.1, 0.15) is 0 Å². The second-order valence-corrected chi connectivity index (χ2v) is 6.02. The van der Waals surface area contributed by atoms with Gasteiger partial charge in [-0.25, -0.2) is 12.7 Å². The molecule has 0 heterocycles. The molecule has 4 nitrogen and oxygen atoms in total. The lowest BCUT2D eigenvalue weighted by Gasteiger charge is -2.13. The average molecular weight is 242 g/mol. The Morgan fingerprint density at radius 1 is 1.19 bits per heavy atom. The molecule has 1 aromatic rings. The zero-order chi connectivity index (χ0) is 12.3. The zero-order valence-electron chi connectivity index (χ0n) is 10.1. The van der Waals surface area contributed by atoms with E-state index in [2.05, 4.69) is 5.32 Å². The molecule has 5 heteroatoms. The minimum atomic E-state index is -3.31. The highest BCUT2D eigenvalue weighted by Crippen LogP contribution is 2.17. The van der Waals surface area contributed by atoms with Gasteiger partial charge in [0.25, 0.3) is 0 Å². The van der Waals surface area contributed by atoms with Crippen LogP contribution in [0.2, 0.25) is 0 Å². The highest BCUT2D eigenvalue weighted by Gasteiger charge is 2.16. The first kappa shape index (κ1) is 13.2. The van der Waals surface area contributed by atoms with Crippen molar-refractivity contribution >= 4 is 10.0 Å². The van der Waals surface area contributed by atoms with Gasteiger partial charge < -0.3 is 5.32 Å². The molecular weight excluding hydrogens is 224 g/mol. The minimum absolute atomic E-state index is 0.219. The van der Waals surface area contributed by atoms with Gasteiger partial charge >= 0.3 is 0 Å². The summed E-state index contributed by atoms with van der Waals surface area (Å²) in [5.74, 6) is 0. The SMILES string of the molecule is CNC(C)c1ccc(S(=O)(=O)N(C)C)cc1. The van der Waals surface area contributed by atoms with Gasteiger partial charge in [-0.3, -0.25) is 0 Å². The summed E-state index contributed by atoms with van der Waals surface area (Å²) in [6.45, 7) is 2.02. The molecule has 0 saturated carbocycles. The maximum atomic E-state index is 11.8. The van der Waals surface area contributed by atoms with Crippen LogP contribution in [0.25, 0.3) is 0 Å². The molecule has 0 spiro atoms. The normalized spacial score (nSPS) is 14.1. The van der Waals surface area contributed by atoms with E-state index in [1.54, 1.807) is 12.1 Å². The molecule has 90 valence electrons. The Morgan fingerprint density at radius 2 is 1.69 bits per heavy atom. The molecule has 16 heavy (non-hydrogen) atoms. The van der Waals surface area contributed by atoms with Crippen LogP contribution in [0.1, 0.15) is 18.5 Å². The number of sulfonamides is 1. The Morgan fingerprint density at radius 3 is 2.06 bits per heavy atom. The van der Waals surface area contributed by atoms with E-state index in [0.29, 0.717) is 4.90 Å². The minimum Gasteiger partial charge on any atom is -0.313 e. The summed E-state index contributed by atoms with van der Waals surface area (Å²) < 4.78 is 24.8. The van der Waals surface area contributed by atoms with E-state index in [0.717, 1.165) is 5.56 Å². The lowest BCUT2D eigenvalue weighted by atomic mass is 10.1. The molecular formula is C11H18N2O2S. The van der Waals surface area contributed by atoms with E-state index < -0.39 is 10.0 Å². The number of hydrogen-bond donors (Lipinski definition) is 1. The van der Waals surface area contributed by atoms with E-state index in [1.807, 2.05) is 26.1 Å². The quantitative estimate of drug-likeness (QED) is 0.863. The van der Waals surface area contributed by atoms with E-state index in [4.69, 9.17) is 0 Å². The largest absolute Gasteiger partial charge is 0.313 e. The van der Waals surface area contributed by atoms with Crippen molar-refractivity contribution < 1.29 is 8.42 Å². The second kappa shape index (κ2) is 4.95. The molecule has 1 aromatic carbocycles. The summed E-state index contributed by atoms with van der Waals surface area (Å²) in [4.78, 5) is 0.324. The number of nitrogens with zero attached hydrogens (tertiary/aromatic N) is 1. The van der Waals surface area contributed by atoms with E-state index >= 15 is 0 Å². The van der Waals surface area contributed by atoms with Gasteiger partial charge in [0.2, 0.25) is 10.0 Å². The van der Waals surface area contributed by atoms with Gasteiger partial charge in [-0.15, -0.1) is 0 Å². The summed E-state index contributed by atoms with van der Waals surface area (Å²) in [5.41, 5.74) is 1.07. The van der Waals surface area contributed by atoms with Crippen molar-refractivity contribution in [3.8, 4) is 0 Å². The highest BCUT2D eigenvalue weighted by atomic mass is 32.2. The molecule has 0 aliphatic rings. The third-order valence-electron chi connectivity index (χ3n) is 2.59. The molecule has 0 bridgehead atoms. The van der Waals surface area contributed by atoms with E-state index in [1.165, 1.54) is 18.4 Å². The second-order valence-electron chi connectivity index (χ2n) is 3.87. The monoisotopic (exact) mass is 242 g/mol. The molecule has 1 rings (SSSR count). The fraction of sp³-hybridized carbons (Fsp3) is 0.455. The Balaban J connectivity index is 3.05. The summed E-state index contributed by atoms with van der Waals surface area (Å²) >= 11 is 0. The van der Waals surface area contributed by atoms with Crippen molar-refractivity contribution in [2.75, 3.05) is 21.1 Å². The number of benzene rings is 1. The van der Waals surface area contributed by atoms with Crippen molar-refractivity contribution in [2.24, 2.45) is 0 Å². The van der Waals surface area contributed by atoms with Crippen LogP contribution in [-0.4, -0.2) is 33.9 Å². The number of rotatable bonds is 4. The molecule has 1 N–H and O–H groups in total. The Labute approximate surface area is 97.3 Å². The fourth-order valence-corrected chi connectivity index (χ4v) is 2.21. The van der Waals surface area contributed by atoms with E-state index in [9.17, 15) is 8.42 Å². The third-order valence-corrected chi connectivity index (χ3v) is 4.42. The molecule has 0 aliphatic carbocycles. The Hall–Kier alpha value is -0.910. The average Bonchev–Trinajstić information content (AvgIpc) is 2.28. The van der Waals surface area contributed by atoms with Crippen molar-refractivity contribution in [3.05, 3.63) is 29.8 Å². The van der Waals surface area contributed by atoms with Crippen LogP contribution in [-0.2, 0) is 10.0 Å². The van der Waals surface area contributed by atoms with E-state index in [-0.39, 0.29) is 6.04 Å². The highest BCUT2D eigenvalue weighted by molar-refractivity contribution is 7.89. The van der Waals surface area contributed by atoms with Crippen molar-refractivity contribution in [3.63, 3.8) is 0 Å². The van der Waals surface area contributed by atoms with Gasteiger partial charge in [0.15, 0.2) is 0 Å². The Kier molecular flexibility index (Phi) is 4.07. The van der Waals surface area contributed by atoms with Crippen LogP contribution in [0.4, 0.5) is 0 Å². The summed E-state index contributed by atoms with van der Waals surface area (Å²) in [6, 6.07) is 7.16. The van der Waals surface area contributed by atoms with Crippen molar-refractivity contribution in [2.45, 2.75) is 17.9 Å². The van der Waals surface area contributed by atoms with Crippen LogP contribution in [0.3, 0.4) is 0 Å². The molecule has 0 fully saturated rings. The van der Waals surface area contributed by atoms with Crippen LogP contribution in [0.15, 0.2) is 29.2 Å². The van der Waals surface area contributed by atoms with Gasteiger partial charge in [0, 0.05) is 20.1 Å². The molecule has 1 atom stereocenters. The van der Waals surface area contributed by atoms with Gasteiger partial charge in [-0.1, -0.05) is 12.1 Å².